The van der Waals surface area contributed by atoms with E-state index in [1.165, 1.54) is 6.92 Å². The van der Waals surface area contributed by atoms with Gasteiger partial charge in [-0.05, 0) is 0 Å². The number of esters is 2. The third-order valence-electron chi connectivity index (χ3n) is 2.25. The third-order valence-corrected chi connectivity index (χ3v) is 3.23. The first kappa shape index (κ1) is 21.0. The Kier molecular flexibility index (Phi) is 8.80. The molecule has 130 valence electrons. The largest absolute Gasteiger partial charge is 0.472 e. The molecule has 0 radical (unpaired) electrons. The highest BCUT2D eigenvalue weighted by molar-refractivity contribution is 7.47. The van der Waals surface area contributed by atoms with E-state index >= 15 is 0 Å². The summed E-state index contributed by atoms with van der Waals surface area (Å²) < 4.78 is 31.3. The molecule has 1 N–H and O–H groups in total. The quantitative estimate of drug-likeness (QED) is 0.343. The van der Waals surface area contributed by atoms with E-state index < -0.39 is 32.5 Å². The van der Waals surface area contributed by atoms with Crippen LogP contribution in [-0.2, 0) is 32.7 Å². The molecule has 2 atom stereocenters. The Morgan fingerprint density at radius 3 is 2.14 bits per heavy atom. The molecule has 0 fully saturated rings. The van der Waals surface area contributed by atoms with Crippen LogP contribution in [0, 0.1) is 0 Å². The topological polar surface area (TPSA) is 108 Å². The molecule has 9 nitrogen and oxygen atoms in total. The van der Waals surface area contributed by atoms with E-state index in [0.717, 1.165) is 6.92 Å². The molecule has 0 aromatic carbocycles. The van der Waals surface area contributed by atoms with Crippen LogP contribution >= 0.6 is 7.82 Å². The van der Waals surface area contributed by atoms with Crippen LogP contribution in [0.4, 0.5) is 0 Å². The van der Waals surface area contributed by atoms with Crippen molar-refractivity contribution in [2.75, 3.05) is 47.5 Å². The molecule has 10 heteroatoms. The molecule has 0 rings (SSSR count). The van der Waals surface area contributed by atoms with Gasteiger partial charge in [0.2, 0.25) is 0 Å². The minimum absolute atomic E-state index is 0.0272. The standard InChI is InChI=1S/C12H24NO8P/c1-10(14)18-8-12(21-11(2)15)9-20-22(16,17)19-7-6-13(3,4)5/h12H,6-9H2,1-5H3/p+1. The highest BCUT2D eigenvalue weighted by Crippen LogP contribution is 2.43. The van der Waals surface area contributed by atoms with Gasteiger partial charge in [-0.1, -0.05) is 0 Å². The summed E-state index contributed by atoms with van der Waals surface area (Å²) in [6, 6.07) is 0. The third kappa shape index (κ3) is 12.7. The monoisotopic (exact) mass is 342 g/mol. The number of nitrogens with zero attached hydrogens (tertiary/aromatic N) is 1. The number of phosphoric ester groups is 1. The van der Waals surface area contributed by atoms with Gasteiger partial charge in [0.1, 0.15) is 19.8 Å². The van der Waals surface area contributed by atoms with Gasteiger partial charge in [0.05, 0.1) is 27.7 Å². The number of phosphoric acid groups is 1. The fraction of sp³-hybridized carbons (Fsp3) is 0.833. The maximum atomic E-state index is 11.7. The predicted octanol–water partition coefficient (Wildman–Crippen LogP) is 0.321. The van der Waals surface area contributed by atoms with Crippen LogP contribution in [0.15, 0.2) is 0 Å². The van der Waals surface area contributed by atoms with Crippen LogP contribution in [0.5, 0.6) is 0 Å². The maximum Gasteiger partial charge on any atom is 0.472 e. The van der Waals surface area contributed by atoms with Crippen LogP contribution in [0.25, 0.3) is 0 Å². The van der Waals surface area contributed by atoms with Gasteiger partial charge >= 0.3 is 19.8 Å². The first-order valence-corrected chi connectivity index (χ1v) is 8.14. The van der Waals surface area contributed by atoms with Gasteiger partial charge in [0.15, 0.2) is 6.10 Å². The van der Waals surface area contributed by atoms with Crippen molar-refractivity contribution in [3.63, 3.8) is 0 Å². The Morgan fingerprint density at radius 1 is 1.09 bits per heavy atom. The highest BCUT2D eigenvalue weighted by Gasteiger charge is 2.26. The lowest BCUT2D eigenvalue weighted by molar-refractivity contribution is -0.870. The molecule has 0 amide bonds. The van der Waals surface area contributed by atoms with Crippen molar-refractivity contribution >= 4 is 19.8 Å². The first-order chi connectivity index (χ1) is 9.91. The predicted molar refractivity (Wildman–Crippen MR) is 76.8 cm³/mol. The van der Waals surface area contributed by atoms with Crippen LogP contribution in [-0.4, -0.2) is 74.9 Å². The molecule has 0 spiro atoms. The summed E-state index contributed by atoms with van der Waals surface area (Å²) >= 11 is 0. The van der Waals surface area contributed by atoms with Crippen molar-refractivity contribution in [3.05, 3.63) is 0 Å². The molecule has 22 heavy (non-hydrogen) atoms. The second-order valence-electron chi connectivity index (χ2n) is 5.65. The lowest BCUT2D eigenvalue weighted by Crippen LogP contribution is -2.37. The number of ether oxygens (including phenoxy) is 2. The second-order valence-corrected chi connectivity index (χ2v) is 7.10. The number of carbonyl (C=O) groups excluding carboxylic acids is 2. The first-order valence-electron chi connectivity index (χ1n) is 6.64. The molecule has 0 aromatic rings. The Morgan fingerprint density at radius 2 is 1.68 bits per heavy atom. The molecule has 0 saturated carbocycles. The van der Waals surface area contributed by atoms with Crippen LogP contribution in [0.3, 0.4) is 0 Å². The summed E-state index contributed by atoms with van der Waals surface area (Å²) in [7, 11) is 1.45. The smallest absolute Gasteiger partial charge is 0.462 e. The van der Waals surface area contributed by atoms with Crippen LogP contribution in [0.1, 0.15) is 13.8 Å². The van der Waals surface area contributed by atoms with E-state index in [-0.39, 0.29) is 13.2 Å². The lowest BCUT2D eigenvalue weighted by atomic mass is 10.4. The van der Waals surface area contributed by atoms with Gasteiger partial charge in [0.25, 0.3) is 0 Å². The molecule has 2 unspecified atom stereocenters. The number of hydrogen-bond donors (Lipinski definition) is 1. The van der Waals surface area contributed by atoms with Crippen molar-refractivity contribution in [2.45, 2.75) is 20.0 Å². The molecule has 0 aromatic heterocycles. The molecule has 0 aliphatic carbocycles. The van der Waals surface area contributed by atoms with Gasteiger partial charge in [-0.3, -0.25) is 18.6 Å². The van der Waals surface area contributed by atoms with Gasteiger partial charge in [-0.15, -0.1) is 0 Å². The average Bonchev–Trinajstić information content (AvgIpc) is 2.30. The molecule has 0 bridgehead atoms. The summed E-state index contributed by atoms with van der Waals surface area (Å²) in [5.74, 6) is -1.19. The molecule has 0 aliphatic heterocycles. The number of hydrogen-bond acceptors (Lipinski definition) is 7. The number of likely N-dealkylation sites (N-methyl/N-ethyl adjacent to an activating group) is 1. The summed E-state index contributed by atoms with van der Waals surface area (Å²) in [6.45, 7) is 2.19. The summed E-state index contributed by atoms with van der Waals surface area (Å²) in [6.07, 6.45) is -0.983. The zero-order valence-electron chi connectivity index (χ0n) is 13.6. The Labute approximate surface area is 130 Å². The van der Waals surface area contributed by atoms with Crippen LogP contribution < -0.4 is 0 Å². The molecule has 0 heterocycles. The minimum Gasteiger partial charge on any atom is -0.462 e. The van der Waals surface area contributed by atoms with Gasteiger partial charge in [-0.25, -0.2) is 4.57 Å². The van der Waals surface area contributed by atoms with E-state index in [2.05, 4.69) is 4.74 Å². The zero-order chi connectivity index (χ0) is 17.4. The van der Waals surface area contributed by atoms with Crippen molar-refractivity contribution in [1.82, 2.24) is 0 Å². The Balaban J connectivity index is 4.32. The van der Waals surface area contributed by atoms with Gasteiger partial charge < -0.3 is 18.9 Å². The number of quaternary nitrogens is 1. The highest BCUT2D eigenvalue weighted by atomic mass is 31.2. The summed E-state index contributed by atoms with van der Waals surface area (Å²) in [5.41, 5.74) is 0. The van der Waals surface area contributed by atoms with Gasteiger partial charge in [-0.2, -0.15) is 0 Å². The molecular weight excluding hydrogens is 317 g/mol. The van der Waals surface area contributed by atoms with Crippen LogP contribution in [0.2, 0.25) is 0 Å². The second kappa shape index (κ2) is 9.22. The average molecular weight is 342 g/mol. The van der Waals surface area contributed by atoms with E-state index in [1.807, 2.05) is 21.1 Å². The normalized spacial score (nSPS) is 15.7. The minimum atomic E-state index is -4.27. The fourth-order valence-corrected chi connectivity index (χ4v) is 1.95. The molecule has 0 saturated heterocycles. The van der Waals surface area contributed by atoms with Crippen molar-refractivity contribution in [2.24, 2.45) is 0 Å². The van der Waals surface area contributed by atoms with Crippen molar-refractivity contribution < 1.29 is 42.1 Å². The molecule has 0 aliphatic rings. The van der Waals surface area contributed by atoms with Gasteiger partial charge in [0, 0.05) is 13.8 Å². The van der Waals surface area contributed by atoms with E-state index in [4.69, 9.17) is 13.8 Å². The fourth-order valence-electron chi connectivity index (χ4n) is 1.21. The summed E-state index contributed by atoms with van der Waals surface area (Å²) in [5, 5.41) is 0. The van der Waals surface area contributed by atoms with E-state index in [1.54, 1.807) is 0 Å². The van der Waals surface area contributed by atoms with Crippen molar-refractivity contribution in [1.29, 1.82) is 0 Å². The lowest BCUT2D eigenvalue weighted by Gasteiger charge is -2.24. The van der Waals surface area contributed by atoms with Crippen molar-refractivity contribution in [3.8, 4) is 0 Å². The number of rotatable bonds is 10. The molecular formula is C12H25NO8P+. The summed E-state index contributed by atoms with van der Waals surface area (Å²) in [4.78, 5) is 31.2. The van der Waals surface area contributed by atoms with E-state index in [9.17, 15) is 19.0 Å². The van der Waals surface area contributed by atoms with E-state index in [0.29, 0.717) is 11.0 Å². The number of carbonyl (C=O) groups is 2. The SMILES string of the molecule is CC(=O)OCC(COP(=O)(O)OCC[N+](C)(C)C)OC(C)=O. The maximum absolute atomic E-state index is 11.7. The Hall–Kier alpha value is -0.990. The zero-order valence-corrected chi connectivity index (χ0v) is 14.5. The Bertz CT molecular complexity index is 420.